The largest absolute Gasteiger partial charge is 0.483 e. The molecule has 0 saturated heterocycles. The van der Waals surface area contributed by atoms with Gasteiger partial charge in [-0.05, 0) is 37.5 Å². The molecule has 0 spiro atoms. The van der Waals surface area contributed by atoms with Gasteiger partial charge in [-0.25, -0.2) is 5.43 Å². The molecule has 0 radical (unpaired) electrons. The second-order valence-corrected chi connectivity index (χ2v) is 5.32. The van der Waals surface area contributed by atoms with Gasteiger partial charge in [-0.2, -0.15) is 10.2 Å². The van der Waals surface area contributed by atoms with Crippen LogP contribution in [0.3, 0.4) is 0 Å². The van der Waals surface area contributed by atoms with Crippen molar-refractivity contribution in [1.29, 1.82) is 0 Å². The van der Waals surface area contributed by atoms with Crippen LogP contribution in [0.5, 0.6) is 5.75 Å². The molecule has 1 heterocycles. The first-order valence-electron chi connectivity index (χ1n) is 7.55. The number of rotatable bonds is 6. The molecule has 0 saturated carbocycles. The number of aromatic nitrogens is 2. The highest BCUT2D eigenvalue weighted by molar-refractivity contribution is 5.98. The topological polar surface area (TPSA) is 68.5 Å². The van der Waals surface area contributed by atoms with E-state index < -0.39 is 0 Å². The van der Waals surface area contributed by atoms with Crippen LogP contribution in [0.25, 0.3) is 0 Å². The molecular weight excluding hydrogens is 292 g/mol. The molecule has 1 aromatic heterocycles. The van der Waals surface area contributed by atoms with Crippen LogP contribution in [0.4, 0.5) is 0 Å². The molecule has 0 aliphatic rings. The first kappa shape index (κ1) is 16.7. The van der Waals surface area contributed by atoms with Crippen LogP contribution in [0.2, 0.25) is 0 Å². The molecule has 0 atom stereocenters. The zero-order valence-corrected chi connectivity index (χ0v) is 14.0. The maximum Gasteiger partial charge on any atom is 0.277 e. The van der Waals surface area contributed by atoms with Gasteiger partial charge in [-0.1, -0.05) is 25.1 Å². The van der Waals surface area contributed by atoms with E-state index in [2.05, 4.69) is 15.6 Å². The molecule has 1 N–H and O–H groups in total. The number of hydrazone groups is 1. The lowest BCUT2D eigenvalue weighted by atomic mass is 10.1. The number of carbonyl (C=O) groups excluding carboxylic acids is 1. The third kappa shape index (κ3) is 4.42. The SMILES string of the molecule is CCc1ccccc1OCC(=O)N/N=C(\C)c1nn(C)cc1C. The van der Waals surface area contributed by atoms with Crippen molar-refractivity contribution in [3.63, 3.8) is 0 Å². The van der Waals surface area contributed by atoms with Crippen LogP contribution in [-0.2, 0) is 18.3 Å². The van der Waals surface area contributed by atoms with Crippen LogP contribution in [-0.4, -0.2) is 28.0 Å². The standard InChI is InChI=1S/C17H22N4O2/c1-5-14-8-6-7-9-15(14)23-11-16(22)19-18-13(3)17-12(2)10-21(4)20-17/h6-10H,5,11H2,1-4H3,(H,19,22)/b18-13+. The number of amides is 1. The zero-order chi connectivity index (χ0) is 16.8. The lowest BCUT2D eigenvalue weighted by molar-refractivity contribution is -0.123. The van der Waals surface area contributed by atoms with E-state index in [4.69, 9.17) is 4.74 Å². The molecule has 0 aliphatic heterocycles. The zero-order valence-electron chi connectivity index (χ0n) is 14.0. The quantitative estimate of drug-likeness (QED) is 0.656. The molecule has 0 aliphatic carbocycles. The Kier molecular flexibility index (Phi) is 5.51. The number of nitrogens with zero attached hydrogens (tertiary/aromatic N) is 3. The van der Waals surface area contributed by atoms with Gasteiger partial charge < -0.3 is 4.74 Å². The van der Waals surface area contributed by atoms with E-state index >= 15 is 0 Å². The second kappa shape index (κ2) is 7.58. The molecule has 6 nitrogen and oxygen atoms in total. The van der Waals surface area contributed by atoms with Crippen LogP contribution in [0.15, 0.2) is 35.6 Å². The summed E-state index contributed by atoms with van der Waals surface area (Å²) in [7, 11) is 1.85. The Hall–Kier alpha value is -2.63. The Balaban J connectivity index is 1.92. The summed E-state index contributed by atoms with van der Waals surface area (Å²) < 4.78 is 7.27. The van der Waals surface area contributed by atoms with Gasteiger partial charge in [0.15, 0.2) is 6.61 Å². The molecule has 122 valence electrons. The number of aryl methyl sites for hydroxylation is 3. The molecule has 23 heavy (non-hydrogen) atoms. The predicted molar refractivity (Wildman–Crippen MR) is 89.6 cm³/mol. The highest BCUT2D eigenvalue weighted by Crippen LogP contribution is 2.17. The molecule has 1 aromatic carbocycles. The minimum atomic E-state index is -0.302. The van der Waals surface area contributed by atoms with Gasteiger partial charge in [-0.3, -0.25) is 9.48 Å². The van der Waals surface area contributed by atoms with E-state index in [0.717, 1.165) is 29.0 Å². The van der Waals surface area contributed by atoms with E-state index in [1.54, 1.807) is 4.68 Å². The molecule has 6 heteroatoms. The Morgan fingerprint density at radius 1 is 1.39 bits per heavy atom. The van der Waals surface area contributed by atoms with E-state index in [-0.39, 0.29) is 12.5 Å². The van der Waals surface area contributed by atoms with Crippen LogP contribution < -0.4 is 10.2 Å². The Morgan fingerprint density at radius 3 is 2.78 bits per heavy atom. The summed E-state index contributed by atoms with van der Waals surface area (Å²) in [6.07, 6.45) is 2.76. The van der Waals surface area contributed by atoms with Crippen molar-refractivity contribution < 1.29 is 9.53 Å². The summed E-state index contributed by atoms with van der Waals surface area (Å²) in [6, 6.07) is 7.68. The smallest absolute Gasteiger partial charge is 0.277 e. The van der Waals surface area contributed by atoms with Gasteiger partial charge >= 0.3 is 0 Å². The van der Waals surface area contributed by atoms with Crippen LogP contribution in [0.1, 0.15) is 30.7 Å². The van der Waals surface area contributed by atoms with E-state index in [1.807, 2.05) is 58.3 Å². The second-order valence-electron chi connectivity index (χ2n) is 5.32. The van der Waals surface area contributed by atoms with Crippen LogP contribution >= 0.6 is 0 Å². The fourth-order valence-corrected chi connectivity index (χ4v) is 2.28. The number of ether oxygens (including phenoxy) is 1. The number of hydrogen-bond acceptors (Lipinski definition) is 4. The molecule has 0 bridgehead atoms. The molecule has 2 aromatic rings. The maximum absolute atomic E-state index is 11.9. The fourth-order valence-electron chi connectivity index (χ4n) is 2.28. The van der Waals surface area contributed by atoms with E-state index in [0.29, 0.717) is 5.71 Å². The lowest BCUT2D eigenvalue weighted by Gasteiger charge is -2.09. The average molecular weight is 314 g/mol. The average Bonchev–Trinajstić information content (AvgIpc) is 2.89. The van der Waals surface area contributed by atoms with Gasteiger partial charge in [0.2, 0.25) is 0 Å². The van der Waals surface area contributed by atoms with Crippen molar-refractivity contribution in [3.05, 3.63) is 47.3 Å². The summed E-state index contributed by atoms with van der Waals surface area (Å²) >= 11 is 0. The highest BCUT2D eigenvalue weighted by atomic mass is 16.5. The highest BCUT2D eigenvalue weighted by Gasteiger charge is 2.08. The minimum absolute atomic E-state index is 0.0744. The van der Waals surface area contributed by atoms with Gasteiger partial charge in [0.25, 0.3) is 5.91 Å². The first-order chi connectivity index (χ1) is 11.0. The number of hydrogen-bond donors (Lipinski definition) is 1. The summed E-state index contributed by atoms with van der Waals surface area (Å²) in [5.74, 6) is 0.426. The number of para-hydroxylation sites is 1. The Morgan fingerprint density at radius 2 is 2.13 bits per heavy atom. The van der Waals surface area contributed by atoms with Gasteiger partial charge in [0.05, 0.1) is 5.71 Å². The van der Waals surface area contributed by atoms with Gasteiger partial charge in [0.1, 0.15) is 11.4 Å². The monoisotopic (exact) mass is 314 g/mol. The van der Waals surface area contributed by atoms with Crippen molar-refractivity contribution in [1.82, 2.24) is 15.2 Å². The summed E-state index contributed by atoms with van der Waals surface area (Å²) in [5.41, 5.74) is 6.01. The van der Waals surface area contributed by atoms with Crippen LogP contribution in [0, 0.1) is 6.92 Å². The molecule has 0 fully saturated rings. The van der Waals surface area contributed by atoms with Crippen molar-refractivity contribution in [2.45, 2.75) is 27.2 Å². The van der Waals surface area contributed by atoms with Gasteiger partial charge in [0, 0.05) is 13.2 Å². The van der Waals surface area contributed by atoms with Crippen molar-refractivity contribution >= 4 is 11.6 Å². The summed E-state index contributed by atoms with van der Waals surface area (Å²) in [4.78, 5) is 11.9. The molecular formula is C17H22N4O2. The first-order valence-corrected chi connectivity index (χ1v) is 7.55. The Bertz CT molecular complexity index is 719. The van der Waals surface area contributed by atoms with E-state index in [1.165, 1.54) is 0 Å². The summed E-state index contributed by atoms with van der Waals surface area (Å²) in [6.45, 7) is 5.73. The van der Waals surface area contributed by atoms with E-state index in [9.17, 15) is 4.79 Å². The summed E-state index contributed by atoms with van der Waals surface area (Å²) in [5, 5.41) is 8.39. The number of benzene rings is 1. The van der Waals surface area contributed by atoms with Gasteiger partial charge in [-0.15, -0.1) is 0 Å². The number of nitrogens with one attached hydrogen (secondary N) is 1. The maximum atomic E-state index is 11.9. The lowest BCUT2D eigenvalue weighted by Crippen LogP contribution is -2.26. The third-order valence-electron chi connectivity index (χ3n) is 3.42. The number of carbonyl (C=O) groups is 1. The van der Waals surface area contributed by atoms with Crippen molar-refractivity contribution in [3.8, 4) is 5.75 Å². The minimum Gasteiger partial charge on any atom is -0.483 e. The molecule has 1 amide bonds. The van der Waals surface area contributed by atoms with Crippen molar-refractivity contribution in [2.24, 2.45) is 12.1 Å². The van der Waals surface area contributed by atoms with Crippen molar-refractivity contribution in [2.75, 3.05) is 6.61 Å². The normalized spacial score (nSPS) is 11.4. The third-order valence-corrected chi connectivity index (χ3v) is 3.42. The Labute approximate surface area is 136 Å². The molecule has 0 unspecified atom stereocenters. The molecule has 2 rings (SSSR count). The predicted octanol–water partition coefficient (Wildman–Crippen LogP) is 2.21. The fraction of sp³-hybridized carbons (Fsp3) is 0.353.